The van der Waals surface area contributed by atoms with Gasteiger partial charge in [0.1, 0.15) is 10.8 Å². The second-order valence-corrected chi connectivity index (χ2v) is 12.7. The number of ether oxygens (including phenoxy) is 1. The third-order valence-corrected chi connectivity index (χ3v) is 9.98. The standard InChI is InChI=1S/C26H25F2N3O6S2/c27-17-3-8-21(20(28)13-17)37-23(15-1-4-18(5-2-15)39(35,36)19-6-7-19)24(32)30-26-29-14-22(38-26)31-11-9-16(10-12-31)25(33)34/h1-5,8,13-14,16,19,23H,6-7,9-12H2,(H,33,34)(H,29,30,32). The predicted molar refractivity (Wildman–Crippen MR) is 140 cm³/mol. The maximum atomic E-state index is 14.4. The van der Waals surface area contributed by atoms with Gasteiger partial charge in [-0.3, -0.25) is 14.9 Å². The average molecular weight is 578 g/mol. The molecule has 3 aromatic rings. The molecule has 2 heterocycles. The number of rotatable bonds is 9. The molecule has 1 saturated carbocycles. The van der Waals surface area contributed by atoms with Gasteiger partial charge >= 0.3 is 5.97 Å². The van der Waals surface area contributed by atoms with Crippen LogP contribution in [0.4, 0.5) is 18.9 Å². The first kappa shape index (κ1) is 27.0. The Morgan fingerprint density at radius 2 is 1.77 bits per heavy atom. The van der Waals surface area contributed by atoms with Gasteiger partial charge in [-0.15, -0.1) is 0 Å². The highest BCUT2D eigenvalue weighted by Crippen LogP contribution is 2.35. The molecule has 206 valence electrons. The van der Waals surface area contributed by atoms with E-state index in [9.17, 15) is 31.9 Å². The monoisotopic (exact) mass is 577 g/mol. The van der Waals surface area contributed by atoms with E-state index in [1.165, 1.54) is 35.6 Å². The fourth-order valence-electron chi connectivity index (χ4n) is 4.36. The van der Waals surface area contributed by atoms with E-state index in [1.807, 2.05) is 4.90 Å². The van der Waals surface area contributed by atoms with Crippen molar-refractivity contribution in [2.75, 3.05) is 23.3 Å². The molecule has 39 heavy (non-hydrogen) atoms. The van der Waals surface area contributed by atoms with Gasteiger partial charge < -0.3 is 14.7 Å². The van der Waals surface area contributed by atoms with Gasteiger partial charge in [-0.2, -0.15) is 0 Å². The lowest BCUT2D eigenvalue weighted by atomic mass is 9.97. The Kier molecular flexibility index (Phi) is 7.54. The van der Waals surface area contributed by atoms with Gasteiger partial charge in [-0.05, 0) is 49.9 Å². The van der Waals surface area contributed by atoms with Gasteiger partial charge in [0.15, 0.2) is 26.5 Å². The number of hydrogen-bond donors (Lipinski definition) is 2. The van der Waals surface area contributed by atoms with E-state index in [0.29, 0.717) is 44.8 Å². The van der Waals surface area contributed by atoms with E-state index >= 15 is 0 Å². The highest BCUT2D eigenvalue weighted by atomic mass is 32.2. The highest BCUT2D eigenvalue weighted by molar-refractivity contribution is 7.92. The molecule has 1 aliphatic carbocycles. The van der Waals surface area contributed by atoms with Crippen molar-refractivity contribution < 1.29 is 36.6 Å². The van der Waals surface area contributed by atoms with Crippen LogP contribution in [0, 0.1) is 17.6 Å². The maximum Gasteiger partial charge on any atom is 0.306 e. The zero-order valence-electron chi connectivity index (χ0n) is 20.5. The highest BCUT2D eigenvalue weighted by Gasteiger charge is 2.37. The van der Waals surface area contributed by atoms with Crippen molar-refractivity contribution >= 4 is 43.2 Å². The Labute approximate surface area is 227 Å². The second-order valence-electron chi connectivity index (χ2n) is 9.48. The molecule has 0 radical (unpaired) electrons. The van der Waals surface area contributed by atoms with Crippen molar-refractivity contribution in [3.8, 4) is 5.75 Å². The van der Waals surface area contributed by atoms with Gasteiger partial charge in [0.2, 0.25) is 6.10 Å². The summed E-state index contributed by atoms with van der Waals surface area (Å²) >= 11 is 1.19. The normalized spacial score (nSPS) is 17.0. The molecule has 1 aromatic heterocycles. The third kappa shape index (κ3) is 6.04. The van der Waals surface area contributed by atoms with Crippen molar-refractivity contribution in [3.05, 3.63) is 65.9 Å². The van der Waals surface area contributed by atoms with E-state index < -0.39 is 44.7 Å². The number of nitrogens with zero attached hydrogens (tertiary/aromatic N) is 2. The molecule has 1 saturated heterocycles. The zero-order valence-corrected chi connectivity index (χ0v) is 22.2. The lowest BCUT2D eigenvalue weighted by Gasteiger charge is -2.30. The summed E-state index contributed by atoms with van der Waals surface area (Å²) in [5.41, 5.74) is 0.262. The molecule has 2 aromatic carbocycles. The molecular weight excluding hydrogens is 552 g/mol. The van der Waals surface area contributed by atoms with E-state index in [0.717, 1.165) is 17.1 Å². The van der Waals surface area contributed by atoms with E-state index in [2.05, 4.69) is 10.3 Å². The van der Waals surface area contributed by atoms with Crippen LogP contribution in [-0.4, -0.2) is 48.7 Å². The number of halogens is 2. The van der Waals surface area contributed by atoms with Crippen LogP contribution in [0.3, 0.4) is 0 Å². The van der Waals surface area contributed by atoms with Crippen LogP contribution in [0.15, 0.2) is 53.6 Å². The quantitative estimate of drug-likeness (QED) is 0.383. The van der Waals surface area contributed by atoms with Crippen LogP contribution in [0.5, 0.6) is 5.75 Å². The average Bonchev–Trinajstić information content (AvgIpc) is 3.68. The minimum absolute atomic E-state index is 0.122. The number of aromatic nitrogens is 1. The fraction of sp³-hybridized carbons (Fsp3) is 0.346. The van der Waals surface area contributed by atoms with Crippen LogP contribution >= 0.6 is 11.3 Å². The number of carboxylic acids is 1. The van der Waals surface area contributed by atoms with Crippen LogP contribution in [0.2, 0.25) is 0 Å². The molecule has 13 heteroatoms. The van der Waals surface area contributed by atoms with E-state index in [1.54, 1.807) is 6.20 Å². The number of nitrogens with one attached hydrogen (secondary N) is 1. The summed E-state index contributed by atoms with van der Waals surface area (Å²) in [7, 11) is -3.45. The van der Waals surface area contributed by atoms with Gasteiger partial charge in [0.05, 0.1) is 22.3 Å². The number of carbonyl (C=O) groups is 2. The molecule has 1 aliphatic heterocycles. The van der Waals surface area contributed by atoms with E-state index in [-0.39, 0.29) is 27.3 Å². The summed E-state index contributed by atoms with van der Waals surface area (Å²) < 4.78 is 58.6. The molecule has 2 N–H and O–H groups in total. The Morgan fingerprint density at radius 3 is 2.38 bits per heavy atom. The molecule has 1 unspecified atom stereocenters. The van der Waals surface area contributed by atoms with Gasteiger partial charge in [0.25, 0.3) is 5.91 Å². The van der Waals surface area contributed by atoms with Gasteiger partial charge in [-0.25, -0.2) is 22.2 Å². The van der Waals surface area contributed by atoms with Crippen LogP contribution in [-0.2, 0) is 19.4 Å². The van der Waals surface area contributed by atoms with Gasteiger partial charge in [0, 0.05) is 24.7 Å². The molecule has 1 atom stereocenters. The largest absolute Gasteiger partial charge is 0.481 e. The first-order chi connectivity index (χ1) is 18.6. The summed E-state index contributed by atoms with van der Waals surface area (Å²) in [6.07, 6.45) is 2.39. The molecule has 2 aliphatic rings. The number of carbonyl (C=O) groups excluding carboxylic acids is 1. The number of aliphatic carboxylic acids is 1. The first-order valence-corrected chi connectivity index (χ1v) is 14.7. The smallest absolute Gasteiger partial charge is 0.306 e. The number of piperidine rings is 1. The fourth-order valence-corrected chi connectivity index (χ4v) is 6.89. The minimum atomic E-state index is -3.45. The molecule has 0 spiro atoms. The van der Waals surface area contributed by atoms with Crippen LogP contribution in [0.25, 0.3) is 0 Å². The van der Waals surface area contributed by atoms with Crippen molar-refractivity contribution in [3.63, 3.8) is 0 Å². The topological polar surface area (TPSA) is 126 Å². The SMILES string of the molecule is O=C(O)C1CCN(c2cnc(NC(=O)C(Oc3ccc(F)cc3F)c3ccc(S(=O)(=O)C4CC4)cc3)s2)CC1. The Morgan fingerprint density at radius 1 is 1.08 bits per heavy atom. The molecule has 0 bridgehead atoms. The lowest BCUT2D eigenvalue weighted by Crippen LogP contribution is -2.35. The summed E-state index contributed by atoms with van der Waals surface area (Å²) in [5.74, 6) is -4.05. The van der Waals surface area contributed by atoms with Crippen LogP contribution < -0.4 is 15.0 Å². The molecule has 2 fully saturated rings. The molecule has 9 nitrogen and oxygen atoms in total. The Balaban J connectivity index is 1.35. The predicted octanol–water partition coefficient (Wildman–Crippen LogP) is 4.42. The third-order valence-electron chi connectivity index (χ3n) is 6.73. The lowest BCUT2D eigenvalue weighted by molar-refractivity contribution is -0.142. The molecule has 5 rings (SSSR count). The first-order valence-electron chi connectivity index (χ1n) is 12.3. The summed E-state index contributed by atoms with van der Waals surface area (Å²) in [6, 6.07) is 8.34. The number of hydrogen-bond acceptors (Lipinski definition) is 8. The molecule has 1 amide bonds. The second kappa shape index (κ2) is 10.9. The number of thiazole rings is 1. The van der Waals surface area contributed by atoms with Gasteiger partial charge in [-0.1, -0.05) is 23.5 Å². The number of amides is 1. The van der Waals surface area contributed by atoms with Crippen LogP contribution in [0.1, 0.15) is 37.4 Å². The Bertz CT molecular complexity index is 1480. The zero-order chi connectivity index (χ0) is 27.7. The van der Waals surface area contributed by atoms with Crippen molar-refractivity contribution in [2.45, 2.75) is 41.9 Å². The summed E-state index contributed by atoms with van der Waals surface area (Å²) in [4.78, 5) is 30.9. The van der Waals surface area contributed by atoms with Crippen molar-refractivity contribution in [1.29, 1.82) is 0 Å². The molecular formula is C26H25F2N3O6S2. The van der Waals surface area contributed by atoms with Crippen molar-refractivity contribution in [2.24, 2.45) is 5.92 Å². The number of anilines is 2. The maximum absolute atomic E-state index is 14.4. The number of carboxylic acid groups (broad SMARTS) is 1. The Hall–Kier alpha value is -3.58. The summed E-state index contributed by atoms with van der Waals surface area (Å²) in [5, 5.41) is 12.5. The van der Waals surface area contributed by atoms with E-state index in [4.69, 9.17) is 4.74 Å². The number of benzene rings is 2. The van der Waals surface area contributed by atoms with Crippen molar-refractivity contribution in [1.82, 2.24) is 4.98 Å². The minimum Gasteiger partial charge on any atom is -0.481 e. The number of sulfone groups is 1. The summed E-state index contributed by atoms with van der Waals surface area (Å²) in [6.45, 7) is 1.08.